The van der Waals surface area contributed by atoms with Gasteiger partial charge in [-0.25, -0.2) is 0 Å². The van der Waals surface area contributed by atoms with E-state index in [1.54, 1.807) is 0 Å². The monoisotopic (exact) mass is 444 g/mol. The van der Waals surface area contributed by atoms with Gasteiger partial charge in [0.2, 0.25) is 0 Å². The summed E-state index contributed by atoms with van der Waals surface area (Å²) in [5, 5.41) is 0. The second kappa shape index (κ2) is 14.8. The standard InChI is InChI=1S/C31H56O/c1-3-5-6-8-31(32)30-23-21-29(22-24-30)20-19-28-17-15-27(16-18-28)14-13-26-11-9-25(7-4-2)10-12-26/h25-30H,3-24H2,1-2H3/t25-,26-,27-,28-,29-,30-. The van der Waals surface area contributed by atoms with Crippen LogP contribution in [-0.4, -0.2) is 5.78 Å². The first-order valence-electron chi connectivity index (χ1n) is 15.2. The number of carbonyl (C=O) groups is 1. The summed E-state index contributed by atoms with van der Waals surface area (Å²) in [7, 11) is 0. The van der Waals surface area contributed by atoms with E-state index in [1.165, 1.54) is 128 Å². The Kier molecular flexibility index (Phi) is 12.2. The van der Waals surface area contributed by atoms with Gasteiger partial charge in [0.1, 0.15) is 5.78 Å². The quantitative estimate of drug-likeness (QED) is 0.258. The van der Waals surface area contributed by atoms with Gasteiger partial charge in [0.25, 0.3) is 0 Å². The summed E-state index contributed by atoms with van der Waals surface area (Å²) in [5.41, 5.74) is 0. The fourth-order valence-corrected chi connectivity index (χ4v) is 7.50. The molecule has 0 saturated heterocycles. The normalized spacial score (nSPS) is 33.8. The average Bonchev–Trinajstić information content (AvgIpc) is 2.83. The fraction of sp³-hybridized carbons (Fsp3) is 0.968. The minimum atomic E-state index is 0.417. The third-order valence-corrected chi connectivity index (χ3v) is 9.92. The van der Waals surface area contributed by atoms with Gasteiger partial charge in [-0.15, -0.1) is 0 Å². The average molecular weight is 445 g/mol. The van der Waals surface area contributed by atoms with Gasteiger partial charge in [-0.05, 0) is 61.7 Å². The molecule has 0 aromatic heterocycles. The minimum absolute atomic E-state index is 0.417. The van der Waals surface area contributed by atoms with Gasteiger partial charge < -0.3 is 0 Å². The van der Waals surface area contributed by atoms with Crippen molar-refractivity contribution >= 4 is 5.78 Å². The lowest BCUT2D eigenvalue weighted by molar-refractivity contribution is -0.124. The first-order valence-corrected chi connectivity index (χ1v) is 15.2. The Balaban J connectivity index is 1.21. The molecule has 0 aromatic carbocycles. The molecule has 1 nitrogen and oxygen atoms in total. The Hall–Kier alpha value is -0.330. The summed E-state index contributed by atoms with van der Waals surface area (Å²) >= 11 is 0. The van der Waals surface area contributed by atoms with Crippen molar-refractivity contribution in [3.05, 3.63) is 0 Å². The zero-order valence-corrected chi connectivity index (χ0v) is 21.9. The molecule has 0 atom stereocenters. The lowest BCUT2D eigenvalue weighted by Crippen LogP contribution is -2.23. The molecule has 3 aliphatic carbocycles. The maximum Gasteiger partial charge on any atom is 0.135 e. The van der Waals surface area contributed by atoms with E-state index in [-0.39, 0.29) is 0 Å². The van der Waals surface area contributed by atoms with Gasteiger partial charge in [0, 0.05) is 12.3 Å². The highest BCUT2D eigenvalue weighted by molar-refractivity contribution is 5.81. The van der Waals surface area contributed by atoms with E-state index in [4.69, 9.17) is 0 Å². The van der Waals surface area contributed by atoms with Crippen LogP contribution in [0.15, 0.2) is 0 Å². The van der Waals surface area contributed by atoms with E-state index < -0.39 is 0 Å². The Morgan fingerprint density at radius 3 is 1.25 bits per heavy atom. The van der Waals surface area contributed by atoms with Crippen LogP contribution in [0, 0.1) is 35.5 Å². The third kappa shape index (κ3) is 9.13. The second-order valence-corrected chi connectivity index (χ2v) is 12.4. The summed E-state index contributed by atoms with van der Waals surface area (Å²) in [5.74, 6) is 6.13. The molecule has 0 radical (unpaired) electrons. The third-order valence-electron chi connectivity index (χ3n) is 9.92. The molecule has 0 spiro atoms. The van der Waals surface area contributed by atoms with Crippen molar-refractivity contribution < 1.29 is 4.79 Å². The number of hydrogen-bond acceptors (Lipinski definition) is 1. The highest BCUT2D eigenvalue weighted by atomic mass is 16.1. The maximum atomic E-state index is 12.4. The van der Waals surface area contributed by atoms with Crippen molar-refractivity contribution in [3.63, 3.8) is 0 Å². The molecule has 3 fully saturated rings. The molecular weight excluding hydrogens is 388 g/mol. The van der Waals surface area contributed by atoms with E-state index in [9.17, 15) is 4.79 Å². The topological polar surface area (TPSA) is 17.1 Å². The van der Waals surface area contributed by atoms with E-state index >= 15 is 0 Å². The van der Waals surface area contributed by atoms with E-state index in [2.05, 4.69) is 13.8 Å². The number of carbonyl (C=O) groups excluding carboxylic acids is 1. The molecule has 0 unspecified atom stereocenters. The van der Waals surface area contributed by atoms with Crippen molar-refractivity contribution in [2.75, 3.05) is 0 Å². The Morgan fingerprint density at radius 1 is 0.500 bits per heavy atom. The molecule has 0 heterocycles. The Morgan fingerprint density at radius 2 is 0.875 bits per heavy atom. The van der Waals surface area contributed by atoms with Crippen molar-refractivity contribution in [2.45, 2.75) is 155 Å². The highest BCUT2D eigenvalue weighted by Crippen LogP contribution is 2.40. The summed E-state index contributed by atoms with van der Waals surface area (Å²) in [6.45, 7) is 4.58. The Labute approximate surface area is 201 Å². The first kappa shape index (κ1) is 26.3. The molecule has 3 rings (SSSR count). The van der Waals surface area contributed by atoms with Crippen molar-refractivity contribution in [3.8, 4) is 0 Å². The molecule has 0 amide bonds. The van der Waals surface area contributed by atoms with Crippen LogP contribution in [-0.2, 0) is 4.79 Å². The molecule has 0 N–H and O–H groups in total. The molecule has 186 valence electrons. The molecule has 3 aliphatic rings. The number of unbranched alkanes of at least 4 members (excludes halogenated alkanes) is 2. The number of rotatable bonds is 13. The van der Waals surface area contributed by atoms with Gasteiger partial charge in [-0.1, -0.05) is 117 Å². The predicted octanol–water partition coefficient (Wildman–Crippen LogP) is 9.92. The summed E-state index contributed by atoms with van der Waals surface area (Å²) in [6, 6.07) is 0. The van der Waals surface area contributed by atoms with E-state index in [0.717, 1.165) is 42.4 Å². The molecule has 1 heteroatoms. The summed E-state index contributed by atoms with van der Waals surface area (Å²) < 4.78 is 0. The fourth-order valence-electron chi connectivity index (χ4n) is 7.50. The highest BCUT2D eigenvalue weighted by Gasteiger charge is 2.28. The van der Waals surface area contributed by atoms with E-state index in [0.29, 0.717) is 11.7 Å². The largest absolute Gasteiger partial charge is 0.299 e. The molecular formula is C31H56O. The Bertz CT molecular complexity index is 487. The van der Waals surface area contributed by atoms with Gasteiger partial charge in [0.15, 0.2) is 0 Å². The van der Waals surface area contributed by atoms with Crippen LogP contribution < -0.4 is 0 Å². The van der Waals surface area contributed by atoms with Gasteiger partial charge in [-0.2, -0.15) is 0 Å². The second-order valence-electron chi connectivity index (χ2n) is 12.4. The van der Waals surface area contributed by atoms with Crippen LogP contribution in [0.4, 0.5) is 0 Å². The van der Waals surface area contributed by atoms with Crippen LogP contribution >= 0.6 is 0 Å². The maximum absolute atomic E-state index is 12.4. The molecule has 0 bridgehead atoms. The lowest BCUT2D eigenvalue weighted by atomic mass is 9.73. The number of hydrogen-bond donors (Lipinski definition) is 0. The smallest absolute Gasteiger partial charge is 0.135 e. The van der Waals surface area contributed by atoms with Crippen molar-refractivity contribution in [1.82, 2.24) is 0 Å². The van der Waals surface area contributed by atoms with E-state index in [1.807, 2.05) is 0 Å². The summed E-state index contributed by atoms with van der Waals surface area (Å²) in [4.78, 5) is 12.4. The number of ketones is 1. The zero-order chi connectivity index (χ0) is 22.6. The predicted molar refractivity (Wildman–Crippen MR) is 139 cm³/mol. The van der Waals surface area contributed by atoms with Crippen LogP contribution in [0.25, 0.3) is 0 Å². The summed E-state index contributed by atoms with van der Waals surface area (Å²) in [6.07, 6.45) is 30.6. The van der Waals surface area contributed by atoms with Gasteiger partial charge >= 0.3 is 0 Å². The molecule has 3 saturated carbocycles. The van der Waals surface area contributed by atoms with Gasteiger partial charge in [-0.3, -0.25) is 4.79 Å². The molecule has 32 heavy (non-hydrogen) atoms. The number of Topliss-reactive ketones (excluding diaryl/α,β-unsaturated/α-hetero) is 1. The molecule has 0 aromatic rings. The van der Waals surface area contributed by atoms with Gasteiger partial charge in [0.05, 0.1) is 0 Å². The SMILES string of the molecule is CCCCCC(=O)[C@H]1CC[C@H](CC[C@H]2CC[C@H](CC[C@H]3CC[C@H](CCC)CC3)CC2)CC1. The lowest BCUT2D eigenvalue weighted by Gasteiger charge is -2.33. The van der Waals surface area contributed by atoms with Crippen LogP contribution in [0.1, 0.15) is 155 Å². The van der Waals surface area contributed by atoms with Crippen LogP contribution in [0.2, 0.25) is 0 Å². The van der Waals surface area contributed by atoms with Crippen LogP contribution in [0.5, 0.6) is 0 Å². The first-order chi connectivity index (χ1) is 15.7. The van der Waals surface area contributed by atoms with Crippen molar-refractivity contribution in [2.24, 2.45) is 35.5 Å². The van der Waals surface area contributed by atoms with Crippen LogP contribution in [0.3, 0.4) is 0 Å². The molecule has 0 aliphatic heterocycles. The zero-order valence-electron chi connectivity index (χ0n) is 21.9. The van der Waals surface area contributed by atoms with Crippen molar-refractivity contribution in [1.29, 1.82) is 0 Å². The minimum Gasteiger partial charge on any atom is -0.299 e.